The van der Waals surface area contributed by atoms with E-state index >= 15 is 0 Å². The quantitative estimate of drug-likeness (QED) is 0.485. The Labute approximate surface area is 183 Å². The summed E-state index contributed by atoms with van der Waals surface area (Å²) < 4.78 is 1.49. The number of nitrogens with one attached hydrogen (secondary N) is 2. The van der Waals surface area contributed by atoms with Crippen LogP contribution in [0.5, 0.6) is 0 Å². The first-order valence-electron chi connectivity index (χ1n) is 9.87. The van der Waals surface area contributed by atoms with Crippen LogP contribution < -0.4 is 15.8 Å². The molecular formula is C24H19ClN4O2. The van der Waals surface area contributed by atoms with Crippen LogP contribution >= 0.6 is 11.6 Å². The highest BCUT2D eigenvalue weighted by atomic mass is 35.5. The number of aryl methyl sites for hydroxylation is 1. The maximum absolute atomic E-state index is 13.6. The summed E-state index contributed by atoms with van der Waals surface area (Å²) in [6.07, 6.45) is -0.726. The second-order valence-corrected chi connectivity index (χ2v) is 7.75. The highest BCUT2D eigenvalue weighted by Gasteiger charge is 2.38. The standard InChI is InChI=1S/C24H19ClN4O2/c1-15-21(24(31)29(27-15)16-9-3-2-4-10-16)22-26-19-13-7-5-11-17(19)23(30)28(22)20-14-8-6-12-18(20)25/h2-14,22,26-27H,1H3. The minimum atomic E-state index is -0.726. The van der Waals surface area contributed by atoms with E-state index in [9.17, 15) is 9.59 Å². The predicted octanol–water partition coefficient (Wildman–Crippen LogP) is 4.90. The van der Waals surface area contributed by atoms with Crippen molar-refractivity contribution in [1.29, 1.82) is 0 Å². The van der Waals surface area contributed by atoms with Crippen molar-refractivity contribution >= 4 is 28.9 Å². The fourth-order valence-electron chi connectivity index (χ4n) is 3.99. The molecular weight excluding hydrogens is 412 g/mol. The number of rotatable bonds is 3. The van der Waals surface area contributed by atoms with Gasteiger partial charge in [0, 0.05) is 11.4 Å². The summed E-state index contributed by atoms with van der Waals surface area (Å²) in [4.78, 5) is 28.6. The van der Waals surface area contributed by atoms with Gasteiger partial charge in [0.2, 0.25) is 0 Å². The molecule has 31 heavy (non-hydrogen) atoms. The number of anilines is 2. The number of carbonyl (C=O) groups excluding carboxylic acids is 1. The zero-order valence-electron chi connectivity index (χ0n) is 16.7. The van der Waals surface area contributed by atoms with Gasteiger partial charge in [-0.05, 0) is 43.3 Å². The smallest absolute Gasteiger partial charge is 0.278 e. The van der Waals surface area contributed by atoms with Crippen LogP contribution in [0.15, 0.2) is 83.7 Å². The van der Waals surface area contributed by atoms with Crippen LogP contribution in [-0.4, -0.2) is 15.7 Å². The average molecular weight is 431 g/mol. The molecule has 4 aromatic rings. The van der Waals surface area contributed by atoms with Gasteiger partial charge in [-0.1, -0.05) is 54.1 Å². The van der Waals surface area contributed by atoms with Crippen molar-refractivity contribution in [3.63, 3.8) is 0 Å². The zero-order chi connectivity index (χ0) is 21.5. The predicted molar refractivity (Wildman–Crippen MR) is 122 cm³/mol. The van der Waals surface area contributed by atoms with Gasteiger partial charge in [0.1, 0.15) is 6.17 Å². The number of benzene rings is 3. The molecule has 1 atom stereocenters. The molecule has 154 valence electrons. The number of halogens is 1. The molecule has 0 aliphatic carbocycles. The number of fused-ring (bicyclic) bond motifs is 1. The average Bonchev–Trinajstić information content (AvgIpc) is 3.09. The highest BCUT2D eigenvalue weighted by Crippen LogP contribution is 2.39. The summed E-state index contributed by atoms with van der Waals surface area (Å²) in [6.45, 7) is 1.83. The lowest BCUT2D eigenvalue weighted by Crippen LogP contribution is -2.45. The number of nitrogens with zero attached hydrogens (tertiary/aromatic N) is 2. The first-order chi connectivity index (χ1) is 15.1. The number of para-hydroxylation sites is 3. The SMILES string of the molecule is Cc1[nH]n(-c2ccccc2)c(=O)c1C1Nc2ccccc2C(=O)N1c1ccccc1Cl. The zero-order valence-corrected chi connectivity index (χ0v) is 17.4. The number of amides is 1. The summed E-state index contributed by atoms with van der Waals surface area (Å²) in [5.74, 6) is -0.223. The molecule has 1 amide bonds. The Bertz CT molecular complexity index is 1340. The van der Waals surface area contributed by atoms with Crippen molar-refractivity contribution in [3.8, 4) is 5.69 Å². The fourth-order valence-corrected chi connectivity index (χ4v) is 4.22. The monoisotopic (exact) mass is 430 g/mol. The van der Waals surface area contributed by atoms with Gasteiger partial charge in [-0.25, -0.2) is 4.68 Å². The van der Waals surface area contributed by atoms with E-state index < -0.39 is 6.17 Å². The third kappa shape index (κ3) is 3.12. The summed E-state index contributed by atoms with van der Waals surface area (Å²) >= 11 is 6.47. The van der Waals surface area contributed by atoms with Crippen LogP contribution in [0.1, 0.15) is 27.8 Å². The number of aromatic amines is 1. The molecule has 1 aliphatic rings. The van der Waals surface area contributed by atoms with Gasteiger partial charge >= 0.3 is 0 Å². The van der Waals surface area contributed by atoms with Crippen LogP contribution in [0, 0.1) is 6.92 Å². The number of aromatic nitrogens is 2. The van der Waals surface area contributed by atoms with Crippen LogP contribution in [-0.2, 0) is 0 Å². The molecule has 1 unspecified atom stereocenters. The summed E-state index contributed by atoms with van der Waals surface area (Å²) in [5.41, 5.74) is 3.33. The minimum absolute atomic E-state index is 0.223. The summed E-state index contributed by atoms with van der Waals surface area (Å²) in [7, 11) is 0. The Balaban J connectivity index is 1.72. The van der Waals surface area contributed by atoms with Gasteiger partial charge in [-0.15, -0.1) is 0 Å². The fraction of sp³-hybridized carbons (Fsp3) is 0.0833. The molecule has 0 spiro atoms. The van der Waals surface area contributed by atoms with Crippen molar-refractivity contribution in [2.75, 3.05) is 10.2 Å². The van der Waals surface area contributed by atoms with E-state index in [0.717, 1.165) is 0 Å². The van der Waals surface area contributed by atoms with Crippen molar-refractivity contribution < 1.29 is 4.79 Å². The van der Waals surface area contributed by atoms with Crippen LogP contribution in [0.25, 0.3) is 5.69 Å². The topological polar surface area (TPSA) is 70.1 Å². The lowest BCUT2D eigenvalue weighted by Gasteiger charge is -2.37. The molecule has 7 heteroatoms. The van der Waals surface area contributed by atoms with E-state index in [4.69, 9.17) is 11.6 Å². The van der Waals surface area contributed by atoms with E-state index in [1.54, 1.807) is 29.2 Å². The van der Waals surface area contributed by atoms with E-state index in [1.165, 1.54) is 4.68 Å². The third-order valence-corrected chi connectivity index (χ3v) is 5.76. The number of hydrogen-bond donors (Lipinski definition) is 2. The van der Waals surface area contributed by atoms with Crippen LogP contribution in [0.2, 0.25) is 5.02 Å². The maximum atomic E-state index is 13.6. The Morgan fingerprint density at radius 3 is 2.32 bits per heavy atom. The minimum Gasteiger partial charge on any atom is -0.360 e. The molecule has 6 nitrogen and oxygen atoms in total. The molecule has 0 saturated heterocycles. The second-order valence-electron chi connectivity index (χ2n) is 7.35. The van der Waals surface area contributed by atoms with E-state index in [0.29, 0.717) is 38.9 Å². The van der Waals surface area contributed by atoms with Crippen LogP contribution in [0.4, 0.5) is 11.4 Å². The summed E-state index contributed by atoms with van der Waals surface area (Å²) in [5, 5.41) is 6.95. The largest absolute Gasteiger partial charge is 0.360 e. The molecule has 1 aliphatic heterocycles. The molecule has 0 fully saturated rings. The normalized spacial score (nSPS) is 15.5. The van der Waals surface area contributed by atoms with Gasteiger partial charge < -0.3 is 5.32 Å². The Kier molecular flexibility index (Phi) is 4.64. The van der Waals surface area contributed by atoms with Gasteiger partial charge in [0.05, 0.1) is 27.5 Å². The molecule has 3 aromatic carbocycles. The molecule has 2 N–H and O–H groups in total. The lowest BCUT2D eigenvalue weighted by atomic mass is 10.0. The van der Waals surface area contributed by atoms with Crippen LogP contribution in [0.3, 0.4) is 0 Å². The number of hydrogen-bond acceptors (Lipinski definition) is 3. The molecule has 0 bridgehead atoms. The Morgan fingerprint density at radius 2 is 1.55 bits per heavy atom. The van der Waals surface area contributed by atoms with E-state index in [2.05, 4.69) is 10.4 Å². The molecule has 5 rings (SSSR count). The van der Waals surface area contributed by atoms with Gasteiger partial charge in [0.25, 0.3) is 11.5 Å². The van der Waals surface area contributed by atoms with Gasteiger partial charge in [-0.2, -0.15) is 0 Å². The van der Waals surface area contributed by atoms with E-state index in [1.807, 2.05) is 61.5 Å². The molecule has 1 aromatic heterocycles. The third-order valence-electron chi connectivity index (χ3n) is 5.44. The first kappa shape index (κ1) is 19.2. The van der Waals surface area contributed by atoms with E-state index in [-0.39, 0.29) is 11.5 Å². The highest BCUT2D eigenvalue weighted by molar-refractivity contribution is 6.34. The van der Waals surface area contributed by atoms with Gasteiger partial charge in [0.15, 0.2) is 0 Å². The van der Waals surface area contributed by atoms with Crippen molar-refractivity contribution in [2.45, 2.75) is 13.1 Å². The van der Waals surface area contributed by atoms with Gasteiger partial charge in [-0.3, -0.25) is 19.6 Å². The Hall–Kier alpha value is -3.77. The van der Waals surface area contributed by atoms with Crippen molar-refractivity contribution in [2.24, 2.45) is 0 Å². The number of H-pyrrole nitrogens is 1. The lowest BCUT2D eigenvalue weighted by molar-refractivity contribution is 0.0975. The maximum Gasteiger partial charge on any atom is 0.278 e. The second kappa shape index (κ2) is 7.49. The molecule has 2 heterocycles. The molecule has 0 saturated carbocycles. The van der Waals surface area contributed by atoms with Crippen molar-refractivity contribution in [1.82, 2.24) is 9.78 Å². The summed E-state index contributed by atoms with van der Waals surface area (Å²) in [6, 6.07) is 23.7. The molecule has 0 radical (unpaired) electrons. The van der Waals surface area contributed by atoms with Crippen molar-refractivity contribution in [3.05, 3.63) is 111 Å². The number of carbonyl (C=O) groups is 1. The Morgan fingerprint density at radius 1 is 0.871 bits per heavy atom. The first-order valence-corrected chi connectivity index (χ1v) is 10.2.